The zero-order valence-electron chi connectivity index (χ0n) is 12.3. The van der Waals surface area contributed by atoms with Crippen molar-refractivity contribution in [3.05, 3.63) is 0 Å². The smallest absolute Gasteiger partial charge is 0.303 e. The van der Waals surface area contributed by atoms with Gasteiger partial charge in [-0.3, -0.25) is 4.79 Å². The van der Waals surface area contributed by atoms with Gasteiger partial charge in [0.05, 0.1) is 19.7 Å². The zero-order valence-corrected chi connectivity index (χ0v) is 12.3. The van der Waals surface area contributed by atoms with E-state index in [1.54, 1.807) is 14.1 Å². The van der Waals surface area contributed by atoms with E-state index in [1.807, 2.05) is 13.8 Å². The van der Waals surface area contributed by atoms with Crippen molar-refractivity contribution >= 4 is 12.3 Å². The van der Waals surface area contributed by atoms with E-state index >= 15 is 0 Å². The molecule has 0 bridgehead atoms. The summed E-state index contributed by atoms with van der Waals surface area (Å²) in [4.78, 5) is 22.2. The fourth-order valence-electron chi connectivity index (χ4n) is 1.16. The second kappa shape index (κ2) is 7.48. The third kappa shape index (κ3) is 8.20. The van der Waals surface area contributed by atoms with Gasteiger partial charge in [0.15, 0.2) is 6.73 Å². The van der Waals surface area contributed by atoms with E-state index in [1.165, 1.54) is 0 Å². The van der Waals surface area contributed by atoms with Crippen molar-refractivity contribution in [3.63, 3.8) is 0 Å². The Morgan fingerprint density at radius 2 is 2.00 bits per heavy atom. The monoisotopic (exact) mass is 259 g/mol. The number of unbranched alkanes of at least 4 members (excludes halogenated alkanes) is 1. The summed E-state index contributed by atoms with van der Waals surface area (Å²) < 4.78 is 5.81. The molecule has 0 radical (unpaired) electrons. The molecule has 0 aromatic carbocycles. The number of hydrogen-bond acceptors (Lipinski definition) is 3. The van der Waals surface area contributed by atoms with Crippen LogP contribution in [0.5, 0.6) is 0 Å². The van der Waals surface area contributed by atoms with Gasteiger partial charge in [-0.05, 0) is 20.3 Å². The van der Waals surface area contributed by atoms with Gasteiger partial charge in [0, 0.05) is 13.0 Å². The number of carbonyl (C=O) groups is 2. The van der Waals surface area contributed by atoms with Gasteiger partial charge in [-0.15, -0.1) is 0 Å². The Morgan fingerprint density at radius 3 is 2.50 bits per heavy atom. The molecule has 5 nitrogen and oxygen atoms in total. The van der Waals surface area contributed by atoms with Crippen molar-refractivity contribution in [1.82, 2.24) is 5.32 Å². The summed E-state index contributed by atoms with van der Waals surface area (Å²) >= 11 is 0. The molecule has 0 aliphatic rings. The molecule has 0 aromatic rings. The van der Waals surface area contributed by atoms with Crippen LogP contribution in [0.4, 0.5) is 0 Å². The van der Waals surface area contributed by atoms with Crippen LogP contribution < -0.4 is 5.32 Å². The zero-order chi connectivity index (χ0) is 14.2. The topological polar surface area (TPSA) is 55.4 Å². The van der Waals surface area contributed by atoms with Gasteiger partial charge >= 0.3 is 6.41 Å². The van der Waals surface area contributed by atoms with Gasteiger partial charge in [-0.2, -0.15) is 0 Å². The largest absolute Gasteiger partial charge is 0.353 e. The highest BCUT2D eigenvalue weighted by atomic mass is 16.5. The third-order valence-corrected chi connectivity index (χ3v) is 2.54. The number of quaternary nitrogens is 1. The Hall–Kier alpha value is -0.940. The van der Waals surface area contributed by atoms with E-state index < -0.39 is 5.60 Å². The minimum atomic E-state index is -0.472. The number of amides is 2. The highest BCUT2D eigenvalue weighted by Gasteiger charge is 2.24. The average Bonchev–Trinajstić information content (AvgIpc) is 2.32. The van der Waals surface area contributed by atoms with Gasteiger partial charge in [0.1, 0.15) is 0 Å². The average molecular weight is 259 g/mol. The summed E-state index contributed by atoms with van der Waals surface area (Å²) in [5, 5.41) is 2.85. The van der Waals surface area contributed by atoms with Crippen LogP contribution in [0.25, 0.3) is 0 Å². The number of rotatable bonds is 9. The molecule has 0 atom stereocenters. The SMILES string of the molecule is CCCCC(=O)NCC(C)(C)OC[N+](C)(C)C=O. The lowest BCUT2D eigenvalue weighted by Gasteiger charge is -2.29. The van der Waals surface area contributed by atoms with E-state index in [-0.39, 0.29) is 10.4 Å². The maximum absolute atomic E-state index is 11.5. The molecule has 0 fully saturated rings. The van der Waals surface area contributed by atoms with E-state index in [2.05, 4.69) is 12.2 Å². The van der Waals surface area contributed by atoms with Gasteiger partial charge in [-0.25, -0.2) is 9.28 Å². The van der Waals surface area contributed by atoms with E-state index in [0.29, 0.717) is 19.7 Å². The number of nitrogens with zero attached hydrogens (tertiary/aromatic N) is 1. The first-order valence-corrected chi connectivity index (χ1v) is 6.42. The molecule has 0 spiro atoms. The molecule has 106 valence electrons. The summed E-state index contributed by atoms with van der Waals surface area (Å²) in [5.74, 6) is 0.0534. The molecule has 0 saturated heterocycles. The molecule has 0 heterocycles. The van der Waals surface area contributed by atoms with E-state index in [4.69, 9.17) is 4.74 Å². The standard InChI is InChI=1S/C13H26N2O3/c1-6-7-8-12(17)14-9-13(2,3)18-11-15(4,5)10-16/h10H,6-9,11H2,1-5H3/p+1. The molecule has 0 saturated carbocycles. The molecule has 0 rings (SSSR count). The van der Waals surface area contributed by atoms with Crippen molar-refractivity contribution in [3.8, 4) is 0 Å². The second-order valence-electron chi connectivity index (χ2n) is 5.80. The van der Waals surface area contributed by atoms with Gasteiger partial charge in [0.25, 0.3) is 0 Å². The highest BCUT2D eigenvalue weighted by molar-refractivity contribution is 5.75. The van der Waals surface area contributed by atoms with Gasteiger partial charge < -0.3 is 10.1 Å². The second-order valence-corrected chi connectivity index (χ2v) is 5.80. The van der Waals surface area contributed by atoms with Crippen LogP contribution in [0.2, 0.25) is 0 Å². The minimum absolute atomic E-state index is 0.0534. The molecule has 0 unspecified atom stereocenters. The molecule has 1 N–H and O–H groups in total. The quantitative estimate of drug-likeness (QED) is 0.385. The van der Waals surface area contributed by atoms with Crippen molar-refractivity contribution in [1.29, 1.82) is 0 Å². The summed E-state index contributed by atoms with van der Waals surface area (Å²) in [7, 11) is 3.53. The van der Waals surface area contributed by atoms with E-state index in [0.717, 1.165) is 19.3 Å². The highest BCUT2D eigenvalue weighted by Crippen LogP contribution is 2.09. The molecular weight excluding hydrogens is 232 g/mol. The Kier molecular flexibility index (Phi) is 7.09. The molecular formula is C13H27N2O3+. The summed E-state index contributed by atoms with van der Waals surface area (Å²) in [6.07, 6.45) is 3.30. The van der Waals surface area contributed by atoms with Gasteiger partial charge in [-0.1, -0.05) is 13.3 Å². The minimum Gasteiger partial charge on any atom is -0.353 e. The maximum Gasteiger partial charge on any atom is 0.303 e. The molecule has 2 amide bonds. The number of hydrogen-bond donors (Lipinski definition) is 1. The third-order valence-electron chi connectivity index (χ3n) is 2.54. The maximum atomic E-state index is 11.5. The summed E-state index contributed by atoms with van der Waals surface area (Å²) in [6, 6.07) is 0. The normalized spacial score (nSPS) is 12.3. The number of carbonyl (C=O) groups excluding carboxylic acids is 2. The molecule has 18 heavy (non-hydrogen) atoms. The van der Waals surface area contributed by atoms with Crippen molar-refractivity contribution in [2.45, 2.75) is 45.6 Å². The first-order chi connectivity index (χ1) is 8.22. The van der Waals surface area contributed by atoms with Crippen LogP contribution in [0.1, 0.15) is 40.0 Å². The summed E-state index contributed by atoms with van der Waals surface area (Å²) in [6.45, 7) is 6.60. The number of nitrogens with one attached hydrogen (secondary N) is 1. The Morgan fingerprint density at radius 1 is 1.39 bits per heavy atom. The van der Waals surface area contributed by atoms with Crippen LogP contribution >= 0.6 is 0 Å². The lowest BCUT2D eigenvalue weighted by Crippen LogP contribution is -2.47. The first-order valence-electron chi connectivity index (χ1n) is 6.42. The summed E-state index contributed by atoms with van der Waals surface area (Å²) in [5.41, 5.74) is -0.472. The predicted octanol–water partition coefficient (Wildman–Crippen LogP) is 1.28. The molecule has 5 heteroatoms. The molecule has 0 aliphatic heterocycles. The first kappa shape index (κ1) is 17.1. The number of ether oxygens (including phenoxy) is 1. The Labute approximate surface area is 110 Å². The lowest BCUT2D eigenvalue weighted by atomic mass is 10.1. The van der Waals surface area contributed by atoms with Crippen LogP contribution in [0.15, 0.2) is 0 Å². The van der Waals surface area contributed by atoms with E-state index in [9.17, 15) is 9.59 Å². The fourth-order valence-corrected chi connectivity index (χ4v) is 1.16. The van der Waals surface area contributed by atoms with Gasteiger partial charge in [0.2, 0.25) is 5.91 Å². The fraction of sp³-hybridized carbons (Fsp3) is 0.846. The van der Waals surface area contributed by atoms with Crippen LogP contribution in [0.3, 0.4) is 0 Å². The predicted molar refractivity (Wildman–Crippen MR) is 70.7 cm³/mol. The van der Waals surface area contributed by atoms with Crippen molar-refractivity contribution in [2.75, 3.05) is 27.4 Å². The Bertz CT molecular complexity index is 275. The lowest BCUT2D eigenvalue weighted by molar-refractivity contribution is -0.829. The van der Waals surface area contributed by atoms with Crippen LogP contribution in [0, 0.1) is 0 Å². The molecule has 0 aromatic heterocycles. The Balaban J connectivity index is 4.00. The van der Waals surface area contributed by atoms with Crippen molar-refractivity contribution in [2.24, 2.45) is 0 Å². The van der Waals surface area contributed by atoms with Crippen molar-refractivity contribution < 1.29 is 18.8 Å². The van der Waals surface area contributed by atoms with Crippen LogP contribution in [-0.4, -0.2) is 49.8 Å². The van der Waals surface area contributed by atoms with Crippen LogP contribution in [-0.2, 0) is 14.3 Å². The molecule has 0 aliphatic carbocycles.